The lowest BCUT2D eigenvalue weighted by Gasteiger charge is -2.12. The predicted octanol–water partition coefficient (Wildman–Crippen LogP) is 4.36. The Labute approximate surface area is 158 Å². The molecule has 0 fully saturated rings. The number of halogens is 1. The first-order valence-electron chi connectivity index (χ1n) is 8.98. The molecule has 26 heavy (non-hydrogen) atoms. The summed E-state index contributed by atoms with van der Waals surface area (Å²) in [6, 6.07) is 7.43. The van der Waals surface area contributed by atoms with Gasteiger partial charge in [-0.05, 0) is 43.7 Å². The van der Waals surface area contributed by atoms with E-state index < -0.39 is 0 Å². The number of allylic oxidation sites excluding steroid dienone is 1. The van der Waals surface area contributed by atoms with E-state index in [1.165, 1.54) is 43.7 Å². The van der Waals surface area contributed by atoms with Crippen molar-refractivity contribution in [2.75, 3.05) is 11.9 Å². The van der Waals surface area contributed by atoms with Crippen molar-refractivity contribution in [3.05, 3.63) is 64.5 Å². The normalized spacial score (nSPS) is 13.8. The summed E-state index contributed by atoms with van der Waals surface area (Å²) in [7, 11) is 0. The minimum atomic E-state index is -0.219. The number of amides is 1. The van der Waals surface area contributed by atoms with Crippen molar-refractivity contribution in [1.82, 2.24) is 15.3 Å². The van der Waals surface area contributed by atoms with Gasteiger partial charge >= 0.3 is 0 Å². The second kappa shape index (κ2) is 9.34. The molecule has 6 heteroatoms. The standard InChI is InChI=1S/C20H23ClN4O/c21-18-9-5-4-8-16(18)12-23-19(26)17-13-24-20(25-14-17)22-11-10-15-6-2-1-3-7-15/h4-6,8-9,13-14H,1-3,7,10-12H2,(H,23,26)(H,22,24,25). The summed E-state index contributed by atoms with van der Waals surface area (Å²) >= 11 is 6.09. The number of carbonyl (C=O) groups is 1. The van der Waals surface area contributed by atoms with Gasteiger partial charge < -0.3 is 10.6 Å². The highest BCUT2D eigenvalue weighted by Gasteiger charge is 2.08. The van der Waals surface area contributed by atoms with Gasteiger partial charge in [0, 0.05) is 30.5 Å². The minimum Gasteiger partial charge on any atom is -0.354 e. The van der Waals surface area contributed by atoms with E-state index in [0.29, 0.717) is 23.1 Å². The minimum absolute atomic E-state index is 0.219. The van der Waals surface area contributed by atoms with Gasteiger partial charge in [-0.2, -0.15) is 0 Å². The number of nitrogens with zero attached hydrogens (tertiary/aromatic N) is 2. The summed E-state index contributed by atoms with van der Waals surface area (Å²) in [5.74, 6) is 0.327. The predicted molar refractivity (Wildman–Crippen MR) is 104 cm³/mol. The van der Waals surface area contributed by atoms with E-state index in [4.69, 9.17) is 11.6 Å². The molecule has 0 saturated carbocycles. The maximum absolute atomic E-state index is 12.2. The van der Waals surface area contributed by atoms with Crippen LogP contribution in [-0.2, 0) is 6.54 Å². The van der Waals surface area contributed by atoms with Crippen LogP contribution < -0.4 is 10.6 Å². The molecule has 5 nitrogen and oxygen atoms in total. The summed E-state index contributed by atoms with van der Waals surface area (Å²) in [6.07, 6.45) is 11.4. The van der Waals surface area contributed by atoms with Crippen molar-refractivity contribution < 1.29 is 4.79 Å². The molecule has 0 bridgehead atoms. The van der Waals surface area contributed by atoms with Crippen LogP contribution in [0.15, 0.2) is 48.3 Å². The molecule has 2 aromatic rings. The highest BCUT2D eigenvalue weighted by Crippen LogP contribution is 2.19. The van der Waals surface area contributed by atoms with Gasteiger partial charge in [-0.3, -0.25) is 4.79 Å². The van der Waals surface area contributed by atoms with Crippen LogP contribution in [0.25, 0.3) is 0 Å². The Morgan fingerprint density at radius 2 is 1.96 bits per heavy atom. The van der Waals surface area contributed by atoms with Crippen LogP contribution >= 0.6 is 11.6 Å². The van der Waals surface area contributed by atoms with Gasteiger partial charge in [-0.25, -0.2) is 9.97 Å². The Bertz CT molecular complexity index is 774. The number of aromatic nitrogens is 2. The molecule has 1 amide bonds. The molecular weight excluding hydrogens is 348 g/mol. The number of hydrogen-bond acceptors (Lipinski definition) is 4. The van der Waals surface area contributed by atoms with E-state index in [-0.39, 0.29) is 5.91 Å². The maximum atomic E-state index is 12.2. The molecule has 0 unspecified atom stereocenters. The molecule has 1 aromatic carbocycles. The van der Waals surface area contributed by atoms with E-state index >= 15 is 0 Å². The third kappa shape index (κ3) is 5.30. The number of rotatable bonds is 7. The molecule has 2 N–H and O–H groups in total. The van der Waals surface area contributed by atoms with Crippen molar-refractivity contribution in [2.24, 2.45) is 0 Å². The Morgan fingerprint density at radius 1 is 1.15 bits per heavy atom. The molecule has 136 valence electrons. The molecule has 1 aliphatic carbocycles. The summed E-state index contributed by atoms with van der Waals surface area (Å²) in [4.78, 5) is 20.7. The molecule has 1 aromatic heterocycles. The smallest absolute Gasteiger partial charge is 0.254 e. The van der Waals surface area contributed by atoms with Gasteiger partial charge in [0.15, 0.2) is 0 Å². The monoisotopic (exact) mass is 370 g/mol. The lowest BCUT2D eigenvalue weighted by molar-refractivity contribution is 0.0950. The van der Waals surface area contributed by atoms with Crippen molar-refractivity contribution in [2.45, 2.75) is 38.6 Å². The summed E-state index contributed by atoms with van der Waals surface area (Å²) < 4.78 is 0. The molecule has 0 spiro atoms. The van der Waals surface area contributed by atoms with Gasteiger partial charge in [-0.1, -0.05) is 41.4 Å². The van der Waals surface area contributed by atoms with Crippen LogP contribution in [-0.4, -0.2) is 22.4 Å². The van der Waals surface area contributed by atoms with E-state index in [9.17, 15) is 4.79 Å². The molecule has 1 heterocycles. The Hall–Kier alpha value is -2.40. The number of benzene rings is 1. The van der Waals surface area contributed by atoms with Crippen molar-refractivity contribution in [1.29, 1.82) is 0 Å². The molecule has 0 saturated heterocycles. The van der Waals surface area contributed by atoms with E-state index in [0.717, 1.165) is 18.5 Å². The van der Waals surface area contributed by atoms with E-state index in [1.807, 2.05) is 18.2 Å². The fourth-order valence-corrected chi connectivity index (χ4v) is 3.13. The van der Waals surface area contributed by atoms with E-state index in [1.54, 1.807) is 6.07 Å². The van der Waals surface area contributed by atoms with Crippen molar-refractivity contribution in [3.8, 4) is 0 Å². The maximum Gasteiger partial charge on any atom is 0.254 e. The molecular formula is C20H23ClN4O. The average Bonchev–Trinajstić information content (AvgIpc) is 2.68. The number of carbonyl (C=O) groups excluding carboxylic acids is 1. The van der Waals surface area contributed by atoms with Gasteiger partial charge in [-0.15, -0.1) is 0 Å². The first-order valence-corrected chi connectivity index (χ1v) is 9.35. The molecule has 1 aliphatic rings. The molecule has 0 atom stereocenters. The first kappa shape index (κ1) is 18.4. The number of nitrogens with one attached hydrogen (secondary N) is 2. The molecule has 3 rings (SSSR count). The summed E-state index contributed by atoms with van der Waals surface area (Å²) in [6.45, 7) is 1.18. The fourth-order valence-electron chi connectivity index (χ4n) is 2.92. The van der Waals surface area contributed by atoms with Crippen LogP contribution in [0.4, 0.5) is 5.95 Å². The topological polar surface area (TPSA) is 66.9 Å². The third-order valence-corrected chi connectivity index (χ3v) is 4.79. The zero-order valence-electron chi connectivity index (χ0n) is 14.7. The highest BCUT2D eigenvalue weighted by atomic mass is 35.5. The third-order valence-electron chi connectivity index (χ3n) is 4.43. The van der Waals surface area contributed by atoms with Crippen LogP contribution in [0.5, 0.6) is 0 Å². The van der Waals surface area contributed by atoms with Crippen molar-refractivity contribution in [3.63, 3.8) is 0 Å². The molecule has 0 aliphatic heterocycles. The number of hydrogen-bond donors (Lipinski definition) is 2. The Morgan fingerprint density at radius 3 is 2.69 bits per heavy atom. The van der Waals surface area contributed by atoms with Crippen LogP contribution in [0.2, 0.25) is 5.02 Å². The SMILES string of the molecule is O=C(NCc1ccccc1Cl)c1cnc(NCCC2=CCCCC2)nc1. The number of anilines is 1. The van der Waals surface area contributed by atoms with Crippen LogP contribution in [0.3, 0.4) is 0 Å². The van der Waals surface area contributed by atoms with Gasteiger partial charge in [0.1, 0.15) is 0 Å². The van der Waals surface area contributed by atoms with Crippen LogP contribution in [0.1, 0.15) is 48.0 Å². The lowest BCUT2D eigenvalue weighted by Crippen LogP contribution is -2.23. The zero-order valence-corrected chi connectivity index (χ0v) is 15.4. The zero-order chi connectivity index (χ0) is 18.2. The Kier molecular flexibility index (Phi) is 6.61. The van der Waals surface area contributed by atoms with Crippen LogP contribution in [0, 0.1) is 0 Å². The highest BCUT2D eigenvalue weighted by molar-refractivity contribution is 6.31. The average molecular weight is 371 g/mol. The second-order valence-electron chi connectivity index (χ2n) is 6.35. The van der Waals surface area contributed by atoms with Gasteiger partial charge in [0.05, 0.1) is 5.56 Å². The Balaban J connectivity index is 1.46. The molecule has 0 radical (unpaired) electrons. The van der Waals surface area contributed by atoms with Crippen molar-refractivity contribution >= 4 is 23.5 Å². The lowest BCUT2D eigenvalue weighted by atomic mass is 9.97. The van der Waals surface area contributed by atoms with Gasteiger partial charge in [0.2, 0.25) is 5.95 Å². The van der Waals surface area contributed by atoms with E-state index in [2.05, 4.69) is 26.7 Å². The summed E-state index contributed by atoms with van der Waals surface area (Å²) in [5, 5.41) is 6.68. The summed E-state index contributed by atoms with van der Waals surface area (Å²) in [5.41, 5.74) is 2.82. The van der Waals surface area contributed by atoms with Gasteiger partial charge in [0.25, 0.3) is 5.91 Å². The quantitative estimate of drug-likeness (QED) is 0.710. The largest absolute Gasteiger partial charge is 0.354 e. The fraction of sp³-hybridized carbons (Fsp3) is 0.350. The second-order valence-corrected chi connectivity index (χ2v) is 6.76. The first-order chi connectivity index (χ1) is 12.7.